The number of fused-ring (bicyclic) bond motifs is 1. The van der Waals surface area contributed by atoms with Crippen molar-refractivity contribution in [2.24, 2.45) is 0 Å². The van der Waals surface area contributed by atoms with Crippen LogP contribution in [0.3, 0.4) is 0 Å². The number of aromatic nitrogens is 2. The number of carbonyl (C=O) groups is 1. The summed E-state index contributed by atoms with van der Waals surface area (Å²) in [4.78, 5) is 25.7. The lowest BCUT2D eigenvalue weighted by atomic mass is 9.96. The molecule has 2 heterocycles. The predicted molar refractivity (Wildman–Crippen MR) is 108 cm³/mol. The van der Waals surface area contributed by atoms with Gasteiger partial charge in [-0.2, -0.15) is 5.10 Å². The second kappa shape index (κ2) is 8.05. The summed E-state index contributed by atoms with van der Waals surface area (Å²) in [5.74, 6) is -0.268. The molecule has 1 atom stereocenters. The minimum Gasteiger partial charge on any atom is -0.354 e. The van der Waals surface area contributed by atoms with E-state index in [1.807, 2.05) is 30.3 Å². The number of benzene rings is 2. The Morgan fingerprint density at radius 1 is 1.17 bits per heavy atom. The molecule has 9 heteroatoms. The third-order valence-electron chi connectivity index (χ3n) is 5.18. The van der Waals surface area contributed by atoms with Crippen molar-refractivity contribution in [1.29, 1.82) is 0 Å². The highest BCUT2D eigenvalue weighted by Crippen LogP contribution is 2.43. The van der Waals surface area contributed by atoms with Crippen molar-refractivity contribution in [3.63, 3.8) is 0 Å². The Labute approximate surface area is 172 Å². The number of aromatic amines is 1. The molecule has 2 aromatic carbocycles. The summed E-state index contributed by atoms with van der Waals surface area (Å²) in [6.07, 6.45) is -0.646. The molecule has 1 aliphatic rings. The van der Waals surface area contributed by atoms with E-state index in [0.717, 1.165) is 5.56 Å². The minimum atomic E-state index is -0.646. The first-order valence-corrected chi connectivity index (χ1v) is 9.29. The average molecular weight is 408 g/mol. The zero-order chi connectivity index (χ0) is 21.3. The molecule has 0 radical (unpaired) electrons. The number of hydrogen-bond donors (Lipinski definition) is 1. The van der Waals surface area contributed by atoms with Crippen LogP contribution in [0.15, 0.2) is 54.6 Å². The van der Waals surface area contributed by atoms with Crippen molar-refractivity contribution in [2.75, 3.05) is 20.8 Å². The summed E-state index contributed by atoms with van der Waals surface area (Å²) in [5.41, 5.74) is 3.07. The summed E-state index contributed by atoms with van der Waals surface area (Å²) < 4.78 is 10.6. The number of rotatable bonds is 7. The lowest BCUT2D eigenvalue weighted by Gasteiger charge is -2.29. The van der Waals surface area contributed by atoms with E-state index in [-0.39, 0.29) is 18.1 Å². The quantitative estimate of drug-likeness (QED) is 0.365. The SMILES string of the molecule is COC(CN1C(=O)c2[nH]nc(-c3ccccc3)c2C1c1cccc([N+](=O)[O-])c1)OC. The highest BCUT2D eigenvalue weighted by Gasteiger charge is 2.43. The van der Waals surface area contributed by atoms with E-state index in [9.17, 15) is 14.9 Å². The topological polar surface area (TPSA) is 111 Å². The minimum absolute atomic E-state index is 0.0480. The van der Waals surface area contributed by atoms with Crippen LogP contribution in [0.1, 0.15) is 27.7 Å². The van der Waals surface area contributed by atoms with Crippen molar-refractivity contribution in [2.45, 2.75) is 12.3 Å². The first kappa shape index (κ1) is 19.7. The van der Waals surface area contributed by atoms with Crippen molar-refractivity contribution < 1.29 is 19.2 Å². The van der Waals surface area contributed by atoms with Crippen LogP contribution in [-0.2, 0) is 9.47 Å². The van der Waals surface area contributed by atoms with E-state index >= 15 is 0 Å². The fourth-order valence-corrected chi connectivity index (χ4v) is 3.76. The van der Waals surface area contributed by atoms with Gasteiger partial charge in [0, 0.05) is 37.5 Å². The number of carbonyl (C=O) groups excluding carboxylic acids is 1. The van der Waals surface area contributed by atoms with Gasteiger partial charge in [0.25, 0.3) is 11.6 Å². The van der Waals surface area contributed by atoms with E-state index < -0.39 is 17.3 Å². The zero-order valence-corrected chi connectivity index (χ0v) is 16.4. The van der Waals surface area contributed by atoms with Gasteiger partial charge in [-0.1, -0.05) is 42.5 Å². The molecule has 0 bridgehead atoms. The Morgan fingerprint density at radius 2 is 1.90 bits per heavy atom. The molecule has 4 rings (SSSR count). The largest absolute Gasteiger partial charge is 0.354 e. The van der Waals surface area contributed by atoms with Crippen LogP contribution < -0.4 is 0 Å². The Bertz CT molecular complexity index is 1080. The molecule has 1 amide bonds. The van der Waals surface area contributed by atoms with Gasteiger partial charge in [0.1, 0.15) is 5.69 Å². The fourth-order valence-electron chi connectivity index (χ4n) is 3.76. The molecule has 3 aromatic rings. The van der Waals surface area contributed by atoms with E-state index in [2.05, 4.69) is 10.2 Å². The van der Waals surface area contributed by atoms with Gasteiger partial charge in [-0.3, -0.25) is 20.0 Å². The van der Waals surface area contributed by atoms with E-state index in [0.29, 0.717) is 22.5 Å². The van der Waals surface area contributed by atoms with Crippen LogP contribution in [0, 0.1) is 10.1 Å². The van der Waals surface area contributed by atoms with E-state index in [1.165, 1.54) is 26.4 Å². The Morgan fingerprint density at radius 3 is 2.57 bits per heavy atom. The second-order valence-corrected chi connectivity index (χ2v) is 6.84. The van der Waals surface area contributed by atoms with Gasteiger partial charge in [-0.25, -0.2) is 0 Å². The predicted octanol–water partition coefficient (Wildman–Crippen LogP) is 3.15. The first-order valence-electron chi connectivity index (χ1n) is 9.29. The number of H-pyrrole nitrogens is 1. The molecule has 0 saturated carbocycles. The highest BCUT2D eigenvalue weighted by atomic mass is 16.7. The summed E-state index contributed by atoms with van der Waals surface area (Å²) in [6.45, 7) is 0.149. The van der Waals surface area contributed by atoms with Crippen molar-refractivity contribution >= 4 is 11.6 Å². The number of nitro benzene ring substituents is 1. The number of methoxy groups -OCH3 is 2. The third kappa shape index (κ3) is 3.34. The van der Waals surface area contributed by atoms with Crippen LogP contribution in [0.5, 0.6) is 0 Å². The molecule has 1 aromatic heterocycles. The van der Waals surface area contributed by atoms with Crippen LogP contribution in [0.4, 0.5) is 5.69 Å². The Balaban J connectivity index is 1.87. The lowest BCUT2D eigenvalue weighted by molar-refractivity contribution is -0.384. The first-order chi connectivity index (χ1) is 14.5. The second-order valence-electron chi connectivity index (χ2n) is 6.84. The molecular weight excluding hydrogens is 388 g/mol. The number of ether oxygens (including phenoxy) is 2. The van der Waals surface area contributed by atoms with Gasteiger partial charge in [0.05, 0.1) is 23.2 Å². The normalized spacial score (nSPS) is 15.6. The monoisotopic (exact) mass is 408 g/mol. The molecule has 9 nitrogen and oxygen atoms in total. The maximum atomic E-state index is 13.2. The summed E-state index contributed by atoms with van der Waals surface area (Å²) in [5, 5.41) is 18.6. The molecule has 0 aliphatic carbocycles. The van der Waals surface area contributed by atoms with Crippen molar-refractivity contribution in [3.05, 3.63) is 81.5 Å². The van der Waals surface area contributed by atoms with Crippen LogP contribution in [0.2, 0.25) is 0 Å². The molecule has 30 heavy (non-hydrogen) atoms. The number of nitro groups is 1. The lowest BCUT2D eigenvalue weighted by Crippen LogP contribution is -2.38. The van der Waals surface area contributed by atoms with Crippen LogP contribution >= 0.6 is 0 Å². The maximum absolute atomic E-state index is 13.2. The van der Waals surface area contributed by atoms with Gasteiger partial charge < -0.3 is 14.4 Å². The van der Waals surface area contributed by atoms with E-state index in [4.69, 9.17) is 9.47 Å². The number of non-ortho nitro benzene ring substituents is 1. The average Bonchev–Trinajstić information content (AvgIpc) is 3.31. The van der Waals surface area contributed by atoms with Crippen molar-refractivity contribution in [3.8, 4) is 11.3 Å². The highest BCUT2D eigenvalue weighted by molar-refractivity contribution is 6.00. The summed E-state index contributed by atoms with van der Waals surface area (Å²) >= 11 is 0. The van der Waals surface area contributed by atoms with Crippen LogP contribution in [0.25, 0.3) is 11.3 Å². The zero-order valence-electron chi connectivity index (χ0n) is 16.4. The standard InChI is InChI=1S/C21H20N4O5/c1-29-16(30-2)12-24-20(14-9-6-10-15(11-14)25(27)28)17-18(13-7-4-3-5-8-13)22-23-19(17)21(24)26/h3-11,16,20H,12H2,1-2H3,(H,22,23). The maximum Gasteiger partial charge on any atom is 0.273 e. The van der Waals surface area contributed by atoms with Gasteiger partial charge in [0.15, 0.2) is 6.29 Å². The van der Waals surface area contributed by atoms with E-state index in [1.54, 1.807) is 17.0 Å². The van der Waals surface area contributed by atoms with Crippen molar-refractivity contribution in [1.82, 2.24) is 15.1 Å². The summed E-state index contributed by atoms with van der Waals surface area (Å²) in [7, 11) is 2.99. The number of nitrogens with one attached hydrogen (secondary N) is 1. The molecule has 1 aliphatic heterocycles. The Kier molecular flexibility index (Phi) is 5.30. The number of nitrogens with zero attached hydrogens (tertiary/aromatic N) is 3. The molecule has 154 valence electrons. The molecule has 0 spiro atoms. The third-order valence-corrected chi connectivity index (χ3v) is 5.18. The van der Waals surface area contributed by atoms with Gasteiger partial charge in [0.2, 0.25) is 0 Å². The molecule has 0 saturated heterocycles. The fraction of sp³-hybridized carbons (Fsp3) is 0.238. The summed E-state index contributed by atoms with van der Waals surface area (Å²) in [6, 6.07) is 15.2. The molecule has 1 N–H and O–H groups in total. The number of hydrogen-bond acceptors (Lipinski definition) is 6. The van der Waals surface area contributed by atoms with Gasteiger partial charge >= 0.3 is 0 Å². The van der Waals surface area contributed by atoms with Gasteiger partial charge in [-0.15, -0.1) is 0 Å². The number of amides is 1. The van der Waals surface area contributed by atoms with Gasteiger partial charge in [-0.05, 0) is 5.56 Å². The Hall–Kier alpha value is -3.56. The molecule has 1 unspecified atom stereocenters. The molecule has 0 fully saturated rings. The molecular formula is C21H20N4O5. The van der Waals surface area contributed by atoms with Crippen LogP contribution in [-0.4, -0.2) is 53.0 Å². The smallest absolute Gasteiger partial charge is 0.273 e.